The molecule has 0 aromatic carbocycles. The molecule has 0 unspecified atom stereocenters. The highest BCUT2D eigenvalue weighted by molar-refractivity contribution is 5.86. The van der Waals surface area contributed by atoms with Gasteiger partial charge in [0.25, 0.3) is 0 Å². The summed E-state index contributed by atoms with van der Waals surface area (Å²) >= 11 is 0. The van der Waals surface area contributed by atoms with Crippen LogP contribution in [0.1, 0.15) is 20.3 Å². The summed E-state index contributed by atoms with van der Waals surface area (Å²) in [5.41, 5.74) is -0.559. The molecule has 0 aliphatic carbocycles. The van der Waals surface area contributed by atoms with Crippen LogP contribution in [-0.4, -0.2) is 47.1 Å². The van der Waals surface area contributed by atoms with Crippen molar-refractivity contribution in [3.8, 4) is 0 Å². The molecule has 0 aromatic heterocycles. The summed E-state index contributed by atoms with van der Waals surface area (Å²) in [5.74, 6) is -0.890. The van der Waals surface area contributed by atoms with Crippen LogP contribution in [-0.2, 0) is 9.59 Å². The maximum absolute atomic E-state index is 11.7. The van der Waals surface area contributed by atoms with E-state index in [1.165, 1.54) is 0 Å². The van der Waals surface area contributed by atoms with Gasteiger partial charge in [-0.1, -0.05) is 0 Å². The van der Waals surface area contributed by atoms with Gasteiger partial charge in [-0.25, -0.2) is 0 Å². The molecule has 0 saturated carbocycles. The molecule has 0 bridgehead atoms. The first-order valence-corrected chi connectivity index (χ1v) is 4.70. The monoisotopic (exact) mass is 200 g/mol. The van der Waals surface area contributed by atoms with Crippen molar-refractivity contribution in [3.63, 3.8) is 0 Å². The van der Waals surface area contributed by atoms with E-state index in [1.54, 1.807) is 4.90 Å². The van der Waals surface area contributed by atoms with Crippen LogP contribution in [0.5, 0.6) is 0 Å². The Morgan fingerprint density at radius 1 is 1.64 bits per heavy atom. The molecule has 5 heteroatoms. The first-order chi connectivity index (χ1) is 6.43. The van der Waals surface area contributed by atoms with Gasteiger partial charge in [0, 0.05) is 19.6 Å². The molecule has 1 fully saturated rings. The molecule has 0 atom stereocenters. The normalized spacial score (nSPS) is 21.0. The molecule has 2 N–H and O–H groups in total. The Labute approximate surface area is 83.1 Å². The van der Waals surface area contributed by atoms with E-state index in [-0.39, 0.29) is 12.3 Å². The number of hydrogen-bond donors (Lipinski definition) is 2. The number of carboxylic acid groups (broad SMARTS) is 1. The molecule has 1 heterocycles. The van der Waals surface area contributed by atoms with Crippen LogP contribution < -0.4 is 5.32 Å². The van der Waals surface area contributed by atoms with Gasteiger partial charge in [0.2, 0.25) is 5.91 Å². The van der Waals surface area contributed by atoms with Gasteiger partial charge >= 0.3 is 5.97 Å². The molecular weight excluding hydrogens is 184 g/mol. The zero-order chi connectivity index (χ0) is 10.8. The van der Waals surface area contributed by atoms with Crippen molar-refractivity contribution in [2.75, 3.05) is 19.6 Å². The lowest BCUT2D eigenvalue weighted by molar-refractivity contribution is -0.142. The van der Waals surface area contributed by atoms with Crippen LogP contribution in [0.25, 0.3) is 0 Å². The maximum Gasteiger partial charge on any atom is 0.305 e. The highest BCUT2D eigenvalue weighted by Crippen LogP contribution is 2.12. The second-order valence-corrected chi connectivity index (χ2v) is 3.99. The Bertz CT molecular complexity index is 250. The van der Waals surface area contributed by atoms with Gasteiger partial charge < -0.3 is 15.3 Å². The van der Waals surface area contributed by atoms with E-state index in [4.69, 9.17) is 5.11 Å². The highest BCUT2D eigenvalue weighted by atomic mass is 16.4. The largest absolute Gasteiger partial charge is 0.481 e. The molecular formula is C9H16N2O3. The molecule has 1 aliphatic heterocycles. The molecule has 0 aromatic rings. The Morgan fingerprint density at radius 2 is 2.29 bits per heavy atom. The lowest BCUT2D eigenvalue weighted by atomic mass is 10.0. The van der Waals surface area contributed by atoms with E-state index in [0.717, 1.165) is 6.54 Å². The lowest BCUT2D eigenvalue weighted by Crippen LogP contribution is -2.61. The Balaban J connectivity index is 2.53. The van der Waals surface area contributed by atoms with Crippen LogP contribution in [0.4, 0.5) is 0 Å². The van der Waals surface area contributed by atoms with Crippen molar-refractivity contribution < 1.29 is 14.7 Å². The van der Waals surface area contributed by atoms with E-state index in [0.29, 0.717) is 13.1 Å². The first kappa shape index (κ1) is 11.0. The predicted octanol–water partition coefficient (Wildman–Crippen LogP) is -0.328. The average molecular weight is 200 g/mol. The van der Waals surface area contributed by atoms with E-state index >= 15 is 0 Å². The molecule has 1 rings (SSSR count). The van der Waals surface area contributed by atoms with Crippen molar-refractivity contribution in [2.45, 2.75) is 25.8 Å². The number of rotatable bonds is 3. The van der Waals surface area contributed by atoms with Crippen LogP contribution in [0.3, 0.4) is 0 Å². The van der Waals surface area contributed by atoms with Crippen LogP contribution in [0, 0.1) is 0 Å². The van der Waals surface area contributed by atoms with Crippen molar-refractivity contribution >= 4 is 11.9 Å². The van der Waals surface area contributed by atoms with Crippen molar-refractivity contribution in [1.29, 1.82) is 0 Å². The lowest BCUT2D eigenvalue weighted by Gasteiger charge is -2.37. The number of aliphatic carboxylic acids is 1. The third-order valence-electron chi connectivity index (χ3n) is 2.37. The molecule has 1 amide bonds. The summed E-state index contributed by atoms with van der Waals surface area (Å²) in [5, 5.41) is 11.6. The van der Waals surface area contributed by atoms with Crippen molar-refractivity contribution in [2.24, 2.45) is 0 Å². The van der Waals surface area contributed by atoms with E-state index in [2.05, 4.69) is 5.32 Å². The standard InChI is InChI=1S/C9H16N2O3/c1-9(2)8(14)11(6-4-10-9)5-3-7(12)13/h10H,3-6H2,1-2H3,(H,12,13). The van der Waals surface area contributed by atoms with Gasteiger partial charge in [-0.2, -0.15) is 0 Å². The SMILES string of the molecule is CC1(C)NCCN(CCC(=O)O)C1=O. The van der Waals surface area contributed by atoms with Crippen LogP contribution in [0.2, 0.25) is 0 Å². The third-order valence-corrected chi connectivity index (χ3v) is 2.37. The number of nitrogens with zero attached hydrogens (tertiary/aromatic N) is 1. The van der Waals surface area contributed by atoms with E-state index < -0.39 is 11.5 Å². The Kier molecular flexibility index (Phi) is 3.10. The summed E-state index contributed by atoms with van der Waals surface area (Å²) in [6.07, 6.45) is 0.0157. The summed E-state index contributed by atoms with van der Waals surface area (Å²) in [4.78, 5) is 23.7. The van der Waals surface area contributed by atoms with Crippen molar-refractivity contribution in [3.05, 3.63) is 0 Å². The van der Waals surface area contributed by atoms with Gasteiger partial charge in [-0.3, -0.25) is 9.59 Å². The minimum atomic E-state index is -0.867. The summed E-state index contributed by atoms with van der Waals surface area (Å²) in [7, 11) is 0. The minimum absolute atomic E-state index is 0.0157. The van der Waals surface area contributed by atoms with Gasteiger partial charge in [0.1, 0.15) is 0 Å². The summed E-state index contributed by atoms with van der Waals surface area (Å²) < 4.78 is 0. The number of nitrogens with one attached hydrogen (secondary N) is 1. The van der Waals surface area contributed by atoms with Gasteiger partial charge in [-0.05, 0) is 13.8 Å². The molecule has 0 radical (unpaired) electrons. The van der Waals surface area contributed by atoms with E-state index in [9.17, 15) is 9.59 Å². The van der Waals surface area contributed by atoms with Gasteiger partial charge in [0.05, 0.1) is 12.0 Å². The molecule has 14 heavy (non-hydrogen) atoms. The van der Waals surface area contributed by atoms with Gasteiger partial charge in [0.15, 0.2) is 0 Å². The second-order valence-electron chi connectivity index (χ2n) is 3.99. The van der Waals surface area contributed by atoms with Crippen molar-refractivity contribution in [1.82, 2.24) is 10.2 Å². The fourth-order valence-corrected chi connectivity index (χ4v) is 1.52. The number of piperazine rings is 1. The average Bonchev–Trinajstić information content (AvgIpc) is 2.07. The summed E-state index contributed by atoms with van der Waals surface area (Å²) in [6, 6.07) is 0. The summed E-state index contributed by atoms with van der Waals surface area (Å²) in [6.45, 7) is 5.23. The van der Waals surface area contributed by atoms with Crippen LogP contribution in [0.15, 0.2) is 0 Å². The number of carboxylic acids is 1. The quantitative estimate of drug-likeness (QED) is 0.654. The minimum Gasteiger partial charge on any atom is -0.481 e. The number of hydrogen-bond acceptors (Lipinski definition) is 3. The fourth-order valence-electron chi connectivity index (χ4n) is 1.52. The number of amides is 1. The number of carbonyl (C=O) groups is 2. The second kappa shape index (κ2) is 3.96. The van der Waals surface area contributed by atoms with Crippen LogP contribution >= 0.6 is 0 Å². The van der Waals surface area contributed by atoms with Gasteiger partial charge in [-0.15, -0.1) is 0 Å². The number of carbonyl (C=O) groups excluding carboxylic acids is 1. The third kappa shape index (κ3) is 2.45. The van der Waals surface area contributed by atoms with E-state index in [1.807, 2.05) is 13.8 Å². The first-order valence-electron chi connectivity index (χ1n) is 4.70. The zero-order valence-corrected chi connectivity index (χ0v) is 8.54. The molecule has 0 spiro atoms. The fraction of sp³-hybridized carbons (Fsp3) is 0.778. The smallest absolute Gasteiger partial charge is 0.305 e. The molecule has 1 aliphatic rings. The topological polar surface area (TPSA) is 69.6 Å². The highest BCUT2D eigenvalue weighted by Gasteiger charge is 2.34. The maximum atomic E-state index is 11.7. The Hall–Kier alpha value is -1.10. The molecule has 5 nitrogen and oxygen atoms in total. The predicted molar refractivity (Wildman–Crippen MR) is 50.9 cm³/mol. The molecule has 80 valence electrons. The molecule has 1 saturated heterocycles. The zero-order valence-electron chi connectivity index (χ0n) is 8.54. The Morgan fingerprint density at radius 3 is 2.86 bits per heavy atom.